The Morgan fingerprint density at radius 1 is 1.03 bits per heavy atom. The molecule has 5 rings (SSSR count). The van der Waals surface area contributed by atoms with E-state index in [2.05, 4.69) is 25.8 Å². The Morgan fingerprint density at radius 2 is 1.78 bits per heavy atom. The van der Waals surface area contributed by atoms with Crippen LogP contribution in [0.4, 0.5) is 5.69 Å². The van der Waals surface area contributed by atoms with E-state index in [-0.39, 0.29) is 11.7 Å². The molecule has 1 amide bonds. The minimum Gasteiger partial charge on any atom is -0.325 e. The van der Waals surface area contributed by atoms with Crippen molar-refractivity contribution in [2.45, 2.75) is 28.1 Å². The molecule has 0 saturated heterocycles. The van der Waals surface area contributed by atoms with Crippen LogP contribution in [-0.4, -0.2) is 47.9 Å². The number of tetrazole rings is 1. The van der Waals surface area contributed by atoms with Gasteiger partial charge in [0, 0.05) is 12.1 Å². The summed E-state index contributed by atoms with van der Waals surface area (Å²) in [6.07, 6.45) is 0.419. The molecule has 0 aliphatic carbocycles. The first-order valence-electron chi connectivity index (χ1n) is 11.5. The van der Waals surface area contributed by atoms with Crippen molar-refractivity contribution >= 4 is 62.5 Å². The normalized spacial score (nSPS) is 11.9. The lowest BCUT2D eigenvalue weighted by molar-refractivity contribution is -0.116. The molecule has 11 heteroatoms. The summed E-state index contributed by atoms with van der Waals surface area (Å²) < 4.78 is 3.39. The number of benzene rings is 3. The summed E-state index contributed by atoms with van der Waals surface area (Å²) in [5.74, 6) is 0.376. The van der Waals surface area contributed by atoms with E-state index in [1.54, 1.807) is 4.68 Å². The average Bonchev–Trinajstić information content (AvgIpc) is 3.55. The monoisotopic (exact) mass is 546 g/mol. The largest absolute Gasteiger partial charge is 0.325 e. The third-order valence-electron chi connectivity index (χ3n) is 5.33. The van der Waals surface area contributed by atoms with E-state index in [0.717, 1.165) is 25.8 Å². The lowest BCUT2D eigenvalue weighted by Gasteiger charge is -2.11. The highest BCUT2D eigenvalue weighted by atomic mass is 32.2. The highest BCUT2D eigenvalue weighted by molar-refractivity contribution is 8.01. The Bertz CT molecular complexity index is 1520. The zero-order valence-electron chi connectivity index (χ0n) is 19.8. The summed E-state index contributed by atoms with van der Waals surface area (Å²) in [5.41, 5.74) is 3.37. The van der Waals surface area contributed by atoms with E-state index < -0.39 is 5.25 Å². The Labute approximate surface area is 225 Å². The van der Waals surface area contributed by atoms with Crippen LogP contribution in [0.1, 0.15) is 12.5 Å². The van der Waals surface area contributed by atoms with Gasteiger partial charge in [-0.05, 0) is 53.2 Å². The van der Waals surface area contributed by atoms with Crippen molar-refractivity contribution in [1.82, 2.24) is 25.2 Å². The predicted molar refractivity (Wildman–Crippen MR) is 149 cm³/mol. The molecule has 0 bridgehead atoms. The van der Waals surface area contributed by atoms with Gasteiger partial charge in [-0.3, -0.25) is 9.59 Å². The number of nitrogens with one attached hydrogen (secondary N) is 1. The fraction of sp³-hybridized carbons (Fsp3) is 0.154. The molecule has 37 heavy (non-hydrogen) atoms. The average molecular weight is 547 g/mol. The first-order chi connectivity index (χ1) is 18.0. The number of hydrogen-bond donors (Lipinski definition) is 1. The summed E-state index contributed by atoms with van der Waals surface area (Å²) in [5, 5.41) is 15.0. The molecular weight excluding hydrogens is 525 g/mol. The quantitative estimate of drug-likeness (QED) is 0.236. The number of fused-ring (bicyclic) bond motifs is 1. The number of carbonyl (C=O) groups excluding carboxylic acids is 2. The fourth-order valence-electron chi connectivity index (χ4n) is 3.50. The Balaban J connectivity index is 1.18. The smallest absolute Gasteiger partial charge is 0.237 e. The second-order valence-electron chi connectivity index (χ2n) is 8.11. The lowest BCUT2D eigenvalue weighted by atomic mass is 10.1. The maximum absolute atomic E-state index is 12.9. The molecule has 0 aliphatic rings. The summed E-state index contributed by atoms with van der Waals surface area (Å²) in [4.78, 5) is 29.9. The third-order valence-corrected chi connectivity index (χ3v) is 8.58. The van der Waals surface area contributed by atoms with Crippen LogP contribution >= 0.6 is 34.9 Å². The summed E-state index contributed by atoms with van der Waals surface area (Å²) >= 11 is 4.24. The molecule has 1 N–H and O–H groups in total. The van der Waals surface area contributed by atoms with Crippen LogP contribution in [0.15, 0.2) is 88.4 Å². The molecule has 2 heterocycles. The minimum atomic E-state index is -0.424. The molecule has 0 saturated carbocycles. The van der Waals surface area contributed by atoms with Crippen molar-refractivity contribution in [3.8, 4) is 5.69 Å². The van der Waals surface area contributed by atoms with Gasteiger partial charge in [0.2, 0.25) is 11.1 Å². The van der Waals surface area contributed by atoms with Crippen LogP contribution in [0.5, 0.6) is 0 Å². The van der Waals surface area contributed by atoms with E-state index in [9.17, 15) is 9.59 Å². The standard InChI is InChI=1S/C26H22N6O2S3/c1-17(36-25-29-30-31-32(25)20-10-6-3-7-11-20)24(34)27-19-12-13-22-23(15-19)37-26(28-22)35-16-21(33)14-18-8-4-2-5-9-18/h2-13,15,17H,14,16H2,1H3,(H,27,34). The van der Waals surface area contributed by atoms with Gasteiger partial charge in [-0.2, -0.15) is 4.68 Å². The first kappa shape index (κ1) is 25.1. The molecule has 0 radical (unpaired) electrons. The van der Waals surface area contributed by atoms with Crippen molar-refractivity contribution in [3.63, 3.8) is 0 Å². The number of anilines is 1. The van der Waals surface area contributed by atoms with Crippen LogP contribution in [-0.2, 0) is 16.0 Å². The van der Waals surface area contributed by atoms with E-state index in [1.807, 2.05) is 85.8 Å². The number of nitrogens with zero attached hydrogens (tertiary/aromatic N) is 5. The van der Waals surface area contributed by atoms with E-state index >= 15 is 0 Å². The molecule has 0 fully saturated rings. The number of ketones is 1. The second kappa shape index (κ2) is 11.7. The van der Waals surface area contributed by atoms with Gasteiger partial charge in [-0.15, -0.1) is 16.4 Å². The molecule has 0 aliphatic heterocycles. The molecule has 1 unspecified atom stereocenters. The molecule has 8 nitrogen and oxygen atoms in total. The van der Waals surface area contributed by atoms with Crippen LogP contribution in [0.3, 0.4) is 0 Å². The van der Waals surface area contributed by atoms with Crippen molar-refractivity contribution in [2.24, 2.45) is 0 Å². The molecule has 0 spiro atoms. The maximum atomic E-state index is 12.9. The van der Waals surface area contributed by atoms with Gasteiger partial charge in [-0.1, -0.05) is 72.1 Å². The molecule has 1 atom stereocenters. The number of para-hydroxylation sites is 1. The maximum Gasteiger partial charge on any atom is 0.237 e. The van der Waals surface area contributed by atoms with E-state index in [0.29, 0.717) is 23.0 Å². The number of Topliss-reactive ketones (excluding diaryl/α,β-unsaturated/α-hetero) is 1. The lowest BCUT2D eigenvalue weighted by Crippen LogP contribution is -2.22. The number of thioether (sulfide) groups is 2. The molecule has 3 aromatic carbocycles. The SMILES string of the molecule is CC(Sc1nnnn1-c1ccccc1)C(=O)Nc1ccc2nc(SCC(=O)Cc3ccccc3)sc2c1. The van der Waals surface area contributed by atoms with Gasteiger partial charge >= 0.3 is 0 Å². The van der Waals surface area contributed by atoms with Gasteiger partial charge in [0.15, 0.2) is 4.34 Å². The number of hydrogen-bond acceptors (Lipinski definition) is 9. The zero-order chi connectivity index (χ0) is 25.6. The highest BCUT2D eigenvalue weighted by Gasteiger charge is 2.20. The van der Waals surface area contributed by atoms with Crippen LogP contribution < -0.4 is 5.32 Å². The second-order valence-corrected chi connectivity index (χ2v) is 11.7. The van der Waals surface area contributed by atoms with Gasteiger partial charge in [0.25, 0.3) is 0 Å². The molecule has 186 valence electrons. The van der Waals surface area contributed by atoms with Crippen LogP contribution in [0.25, 0.3) is 15.9 Å². The predicted octanol–water partition coefficient (Wildman–Crippen LogP) is 5.30. The summed E-state index contributed by atoms with van der Waals surface area (Å²) in [7, 11) is 0. The third kappa shape index (κ3) is 6.43. The number of carbonyl (C=O) groups is 2. The van der Waals surface area contributed by atoms with Crippen molar-refractivity contribution in [3.05, 3.63) is 84.4 Å². The van der Waals surface area contributed by atoms with Gasteiger partial charge in [-0.25, -0.2) is 4.98 Å². The first-order valence-corrected chi connectivity index (χ1v) is 14.1. The molecular formula is C26H22N6O2S3. The van der Waals surface area contributed by atoms with E-state index in [4.69, 9.17) is 0 Å². The molecule has 5 aromatic rings. The zero-order valence-corrected chi connectivity index (χ0v) is 22.2. The molecule has 2 aromatic heterocycles. The number of rotatable bonds is 10. The van der Waals surface area contributed by atoms with Gasteiger partial charge in [0.05, 0.1) is 26.9 Å². The van der Waals surface area contributed by atoms with E-state index in [1.165, 1.54) is 34.9 Å². The highest BCUT2D eigenvalue weighted by Crippen LogP contribution is 2.32. The Hall–Kier alpha value is -3.54. The van der Waals surface area contributed by atoms with Crippen molar-refractivity contribution < 1.29 is 9.59 Å². The van der Waals surface area contributed by atoms with Gasteiger partial charge in [0.1, 0.15) is 5.78 Å². The topological polar surface area (TPSA) is 103 Å². The number of aromatic nitrogens is 5. The van der Waals surface area contributed by atoms with Crippen molar-refractivity contribution in [1.29, 1.82) is 0 Å². The Kier molecular flexibility index (Phi) is 7.93. The fourth-order valence-corrected chi connectivity index (χ4v) is 6.27. The number of amides is 1. The van der Waals surface area contributed by atoms with Crippen molar-refractivity contribution in [2.75, 3.05) is 11.1 Å². The minimum absolute atomic E-state index is 0.155. The van der Waals surface area contributed by atoms with Crippen LogP contribution in [0.2, 0.25) is 0 Å². The van der Waals surface area contributed by atoms with Crippen LogP contribution in [0, 0.1) is 0 Å². The Morgan fingerprint density at radius 3 is 2.57 bits per heavy atom. The summed E-state index contributed by atoms with van der Waals surface area (Å²) in [6.45, 7) is 1.82. The summed E-state index contributed by atoms with van der Waals surface area (Å²) in [6, 6.07) is 24.9. The number of thiazole rings is 1. The van der Waals surface area contributed by atoms with Gasteiger partial charge < -0.3 is 5.32 Å².